The van der Waals surface area contributed by atoms with E-state index >= 15 is 0 Å². The third-order valence-electron chi connectivity index (χ3n) is 2.78. The first-order valence-electron chi connectivity index (χ1n) is 7.41. The Bertz CT molecular complexity index is 432. The molecule has 0 saturated heterocycles. The summed E-state index contributed by atoms with van der Waals surface area (Å²) < 4.78 is 0. The van der Waals surface area contributed by atoms with E-state index in [0.29, 0.717) is 5.56 Å². The average molecular weight is 277 g/mol. The van der Waals surface area contributed by atoms with Crippen LogP contribution in [0, 0.1) is 0 Å². The van der Waals surface area contributed by atoms with Crippen molar-refractivity contribution >= 4 is 11.7 Å². The topological polar surface area (TPSA) is 45.2 Å². The maximum atomic E-state index is 12.5. The first kappa shape index (κ1) is 16.5. The summed E-state index contributed by atoms with van der Waals surface area (Å²) in [6.07, 6.45) is 3.64. The van der Waals surface area contributed by atoms with Crippen molar-refractivity contribution in [3.8, 4) is 0 Å². The van der Waals surface area contributed by atoms with Crippen LogP contribution in [-0.4, -0.2) is 34.4 Å². The lowest BCUT2D eigenvalue weighted by Gasteiger charge is -2.23. The van der Waals surface area contributed by atoms with E-state index in [0.717, 1.165) is 31.7 Å². The van der Waals surface area contributed by atoms with Crippen LogP contribution in [0.3, 0.4) is 0 Å². The van der Waals surface area contributed by atoms with Gasteiger partial charge in [-0.2, -0.15) is 0 Å². The monoisotopic (exact) mass is 277 g/mol. The Morgan fingerprint density at radius 1 is 1.25 bits per heavy atom. The zero-order valence-electron chi connectivity index (χ0n) is 13.4. The molecule has 0 radical (unpaired) electrons. The molecule has 1 amide bonds. The van der Waals surface area contributed by atoms with Crippen molar-refractivity contribution in [3.63, 3.8) is 0 Å². The van der Waals surface area contributed by atoms with E-state index in [4.69, 9.17) is 0 Å². The quantitative estimate of drug-likeness (QED) is 0.865. The molecule has 0 aromatic carbocycles. The van der Waals surface area contributed by atoms with E-state index in [2.05, 4.69) is 44.9 Å². The Labute approximate surface area is 122 Å². The van der Waals surface area contributed by atoms with Gasteiger partial charge in [-0.25, -0.2) is 4.98 Å². The van der Waals surface area contributed by atoms with Gasteiger partial charge in [0.05, 0.1) is 0 Å². The van der Waals surface area contributed by atoms with Crippen molar-refractivity contribution in [1.82, 2.24) is 9.88 Å². The van der Waals surface area contributed by atoms with Gasteiger partial charge < -0.3 is 10.2 Å². The standard InChI is InChI=1S/C16H27N3O/c1-6-10-19(11-7-2)15(20)13-8-9-17-14(12-13)18-16(3,4)5/h8-9,12H,6-7,10-11H2,1-5H3,(H,17,18). The van der Waals surface area contributed by atoms with Gasteiger partial charge in [-0.3, -0.25) is 4.79 Å². The van der Waals surface area contributed by atoms with Crippen LogP contribution in [0.4, 0.5) is 5.82 Å². The maximum Gasteiger partial charge on any atom is 0.254 e. The second-order valence-corrected chi connectivity index (χ2v) is 6.10. The number of carbonyl (C=O) groups excluding carboxylic acids is 1. The molecule has 0 fully saturated rings. The normalized spacial score (nSPS) is 11.2. The van der Waals surface area contributed by atoms with Crippen molar-refractivity contribution < 1.29 is 4.79 Å². The van der Waals surface area contributed by atoms with Gasteiger partial charge in [-0.1, -0.05) is 13.8 Å². The summed E-state index contributed by atoms with van der Waals surface area (Å²) in [5, 5.41) is 3.30. The third kappa shape index (κ3) is 5.19. The Morgan fingerprint density at radius 2 is 1.85 bits per heavy atom. The first-order valence-corrected chi connectivity index (χ1v) is 7.41. The van der Waals surface area contributed by atoms with Gasteiger partial charge in [0.15, 0.2) is 0 Å². The maximum absolute atomic E-state index is 12.5. The fraction of sp³-hybridized carbons (Fsp3) is 0.625. The van der Waals surface area contributed by atoms with Crippen LogP contribution in [-0.2, 0) is 0 Å². The molecule has 0 aliphatic carbocycles. The molecule has 0 spiro atoms. The van der Waals surface area contributed by atoms with Crippen molar-refractivity contribution in [2.75, 3.05) is 18.4 Å². The smallest absolute Gasteiger partial charge is 0.254 e. The van der Waals surface area contributed by atoms with E-state index in [1.165, 1.54) is 0 Å². The number of rotatable bonds is 6. The molecule has 4 heteroatoms. The molecule has 0 saturated carbocycles. The van der Waals surface area contributed by atoms with Crippen LogP contribution in [0.5, 0.6) is 0 Å². The number of aromatic nitrogens is 1. The van der Waals surface area contributed by atoms with Gasteiger partial charge in [0.2, 0.25) is 0 Å². The number of hydrogen-bond donors (Lipinski definition) is 1. The van der Waals surface area contributed by atoms with Gasteiger partial charge in [0.25, 0.3) is 5.91 Å². The highest BCUT2D eigenvalue weighted by Gasteiger charge is 2.16. The summed E-state index contributed by atoms with van der Waals surface area (Å²) in [6, 6.07) is 3.63. The SMILES string of the molecule is CCCN(CCC)C(=O)c1ccnc(NC(C)(C)C)c1. The number of pyridine rings is 1. The molecule has 20 heavy (non-hydrogen) atoms. The van der Waals surface area contributed by atoms with E-state index in [-0.39, 0.29) is 11.4 Å². The largest absolute Gasteiger partial charge is 0.365 e. The summed E-state index contributed by atoms with van der Waals surface area (Å²) in [7, 11) is 0. The zero-order valence-corrected chi connectivity index (χ0v) is 13.4. The van der Waals surface area contributed by atoms with Crippen LogP contribution in [0.15, 0.2) is 18.3 Å². The number of nitrogens with one attached hydrogen (secondary N) is 1. The number of amides is 1. The molecule has 0 aliphatic heterocycles. The molecular weight excluding hydrogens is 250 g/mol. The van der Waals surface area contributed by atoms with E-state index in [1.807, 2.05) is 11.0 Å². The summed E-state index contributed by atoms with van der Waals surface area (Å²) >= 11 is 0. The molecule has 0 atom stereocenters. The molecule has 0 unspecified atom stereocenters. The number of anilines is 1. The molecule has 1 aromatic rings. The highest BCUT2D eigenvalue weighted by molar-refractivity contribution is 5.94. The Morgan fingerprint density at radius 3 is 2.35 bits per heavy atom. The van der Waals surface area contributed by atoms with Crippen molar-refractivity contribution in [2.24, 2.45) is 0 Å². The fourth-order valence-electron chi connectivity index (χ4n) is 2.05. The Hall–Kier alpha value is -1.58. The van der Waals surface area contributed by atoms with E-state index < -0.39 is 0 Å². The van der Waals surface area contributed by atoms with Crippen LogP contribution >= 0.6 is 0 Å². The molecule has 1 N–H and O–H groups in total. The summed E-state index contributed by atoms with van der Waals surface area (Å²) in [6.45, 7) is 12.0. The second kappa shape index (κ2) is 7.27. The van der Waals surface area contributed by atoms with Gasteiger partial charge in [0, 0.05) is 30.4 Å². The minimum Gasteiger partial charge on any atom is -0.365 e. The van der Waals surface area contributed by atoms with Crippen molar-refractivity contribution in [3.05, 3.63) is 23.9 Å². The first-order chi connectivity index (χ1) is 9.37. The van der Waals surface area contributed by atoms with Crippen molar-refractivity contribution in [1.29, 1.82) is 0 Å². The fourth-order valence-corrected chi connectivity index (χ4v) is 2.05. The number of carbonyl (C=O) groups is 1. The second-order valence-electron chi connectivity index (χ2n) is 6.10. The Kier molecular flexibility index (Phi) is 5.99. The highest BCUT2D eigenvalue weighted by Crippen LogP contribution is 2.15. The predicted molar refractivity (Wildman–Crippen MR) is 84.1 cm³/mol. The lowest BCUT2D eigenvalue weighted by Crippen LogP contribution is -2.32. The van der Waals surface area contributed by atoms with Crippen molar-refractivity contribution in [2.45, 2.75) is 53.0 Å². The summed E-state index contributed by atoms with van der Waals surface area (Å²) in [5.74, 6) is 0.837. The molecule has 4 nitrogen and oxygen atoms in total. The van der Waals surface area contributed by atoms with E-state index in [1.54, 1.807) is 12.3 Å². The molecule has 0 aliphatic rings. The lowest BCUT2D eigenvalue weighted by atomic mass is 10.1. The minimum atomic E-state index is -0.0683. The number of hydrogen-bond acceptors (Lipinski definition) is 3. The van der Waals surface area contributed by atoms with Crippen LogP contribution in [0.1, 0.15) is 57.8 Å². The van der Waals surface area contributed by atoms with Crippen LogP contribution in [0.25, 0.3) is 0 Å². The molecule has 0 bridgehead atoms. The molecule has 1 rings (SSSR count). The summed E-state index contributed by atoms with van der Waals surface area (Å²) in [5.41, 5.74) is 0.634. The van der Waals surface area contributed by atoms with Gasteiger partial charge in [-0.15, -0.1) is 0 Å². The zero-order chi connectivity index (χ0) is 15.2. The van der Waals surface area contributed by atoms with Gasteiger partial charge in [-0.05, 0) is 45.7 Å². The third-order valence-corrected chi connectivity index (χ3v) is 2.78. The van der Waals surface area contributed by atoms with E-state index in [9.17, 15) is 4.79 Å². The molecule has 1 aromatic heterocycles. The number of nitrogens with zero attached hydrogens (tertiary/aromatic N) is 2. The van der Waals surface area contributed by atoms with Gasteiger partial charge in [0.1, 0.15) is 5.82 Å². The minimum absolute atomic E-state index is 0.0683. The molecule has 112 valence electrons. The molecule has 1 heterocycles. The average Bonchev–Trinajstić information content (AvgIpc) is 2.36. The predicted octanol–water partition coefficient (Wildman–Crippen LogP) is 3.55. The lowest BCUT2D eigenvalue weighted by molar-refractivity contribution is 0.0755. The van der Waals surface area contributed by atoms with Crippen LogP contribution < -0.4 is 5.32 Å². The Balaban J connectivity index is 2.89. The van der Waals surface area contributed by atoms with Crippen LogP contribution in [0.2, 0.25) is 0 Å². The highest BCUT2D eigenvalue weighted by atomic mass is 16.2. The summed E-state index contributed by atoms with van der Waals surface area (Å²) in [4.78, 5) is 18.7. The molecular formula is C16H27N3O. The van der Waals surface area contributed by atoms with Gasteiger partial charge >= 0.3 is 0 Å².